The summed E-state index contributed by atoms with van der Waals surface area (Å²) in [5.74, 6) is -0.128. The third-order valence-electron chi connectivity index (χ3n) is 4.66. The Balaban J connectivity index is 1.68. The van der Waals surface area contributed by atoms with Crippen LogP contribution in [0.25, 0.3) is 0 Å². The highest BCUT2D eigenvalue weighted by Gasteiger charge is 2.06. The lowest BCUT2D eigenvalue weighted by Gasteiger charge is -2.18. The molecule has 0 aliphatic rings. The van der Waals surface area contributed by atoms with Gasteiger partial charge in [-0.05, 0) is 29.8 Å². The van der Waals surface area contributed by atoms with Crippen molar-refractivity contribution in [1.82, 2.24) is 15.5 Å². The number of nitrogens with one attached hydrogen (secondary N) is 2. The Morgan fingerprint density at radius 2 is 1.50 bits per heavy atom. The first-order chi connectivity index (χ1) is 13.6. The zero-order valence-electron chi connectivity index (χ0n) is 16.9. The summed E-state index contributed by atoms with van der Waals surface area (Å²) in [6.45, 7) is 8.13. The fourth-order valence-electron chi connectivity index (χ4n) is 2.99. The molecule has 0 aliphatic carbocycles. The maximum absolute atomic E-state index is 12.0. The molecule has 150 valence electrons. The number of benzene rings is 2. The Bertz CT molecular complexity index is 743. The minimum Gasteiger partial charge on any atom is -0.355 e. The van der Waals surface area contributed by atoms with Crippen LogP contribution in [0.4, 0.5) is 0 Å². The molecule has 5 heteroatoms. The van der Waals surface area contributed by atoms with Gasteiger partial charge >= 0.3 is 0 Å². The van der Waals surface area contributed by atoms with E-state index in [1.54, 1.807) is 0 Å². The van der Waals surface area contributed by atoms with Gasteiger partial charge in [0.15, 0.2) is 0 Å². The minimum atomic E-state index is -0.0666. The second kappa shape index (κ2) is 11.9. The normalized spacial score (nSPS) is 10.7. The summed E-state index contributed by atoms with van der Waals surface area (Å²) in [6, 6.07) is 17.9. The van der Waals surface area contributed by atoms with E-state index in [0.29, 0.717) is 19.5 Å². The number of amides is 2. The van der Waals surface area contributed by atoms with Crippen LogP contribution in [0.1, 0.15) is 37.0 Å². The Labute approximate surface area is 168 Å². The molecule has 0 fully saturated rings. The summed E-state index contributed by atoms with van der Waals surface area (Å²) >= 11 is 0. The third-order valence-corrected chi connectivity index (χ3v) is 4.66. The quantitative estimate of drug-likeness (QED) is 0.629. The summed E-state index contributed by atoms with van der Waals surface area (Å²) in [4.78, 5) is 26.3. The van der Waals surface area contributed by atoms with E-state index in [1.807, 2.05) is 42.5 Å². The van der Waals surface area contributed by atoms with Crippen LogP contribution in [0, 0.1) is 0 Å². The van der Waals surface area contributed by atoms with Crippen LogP contribution in [0.2, 0.25) is 0 Å². The van der Waals surface area contributed by atoms with E-state index in [1.165, 1.54) is 5.56 Å². The van der Waals surface area contributed by atoms with Crippen molar-refractivity contribution in [3.05, 3.63) is 71.3 Å². The van der Waals surface area contributed by atoms with Crippen molar-refractivity contribution in [3.8, 4) is 0 Å². The van der Waals surface area contributed by atoms with Crippen molar-refractivity contribution >= 4 is 11.8 Å². The van der Waals surface area contributed by atoms with E-state index in [0.717, 1.165) is 30.8 Å². The fourth-order valence-corrected chi connectivity index (χ4v) is 2.99. The molecule has 0 saturated carbocycles. The van der Waals surface area contributed by atoms with Gasteiger partial charge in [-0.1, -0.05) is 68.4 Å². The molecular formula is C23H31N3O2. The van der Waals surface area contributed by atoms with Gasteiger partial charge in [0.25, 0.3) is 0 Å². The van der Waals surface area contributed by atoms with Gasteiger partial charge in [-0.2, -0.15) is 0 Å². The Kier molecular flexibility index (Phi) is 9.22. The molecule has 2 N–H and O–H groups in total. The summed E-state index contributed by atoms with van der Waals surface area (Å²) in [7, 11) is 0. The highest BCUT2D eigenvalue weighted by molar-refractivity contribution is 5.80. The lowest BCUT2D eigenvalue weighted by atomic mass is 10.1. The smallest absolute Gasteiger partial charge is 0.224 e. The van der Waals surface area contributed by atoms with E-state index in [-0.39, 0.29) is 18.2 Å². The molecule has 0 unspecified atom stereocenters. The molecule has 0 atom stereocenters. The Morgan fingerprint density at radius 3 is 2.21 bits per heavy atom. The number of carbonyl (C=O) groups is 2. The highest BCUT2D eigenvalue weighted by Crippen LogP contribution is 2.08. The van der Waals surface area contributed by atoms with Gasteiger partial charge in [-0.15, -0.1) is 0 Å². The first kappa shape index (κ1) is 21.6. The molecule has 2 aromatic rings. The van der Waals surface area contributed by atoms with Crippen molar-refractivity contribution < 1.29 is 9.59 Å². The molecule has 0 bridgehead atoms. The molecule has 2 rings (SSSR count). The van der Waals surface area contributed by atoms with Gasteiger partial charge in [-0.3, -0.25) is 14.5 Å². The average molecular weight is 382 g/mol. The molecular weight excluding hydrogens is 350 g/mol. The van der Waals surface area contributed by atoms with Crippen LogP contribution in [0.15, 0.2) is 54.6 Å². The molecule has 5 nitrogen and oxygen atoms in total. The predicted molar refractivity (Wildman–Crippen MR) is 113 cm³/mol. The zero-order valence-corrected chi connectivity index (χ0v) is 16.9. The van der Waals surface area contributed by atoms with Crippen molar-refractivity contribution in [2.75, 3.05) is 19.6 Å². The third kappa shape index (κ3) is 7.92. The Hall–Kier alpha value is -2.66. The molecule has 0 saturated heterocycles. The monoisotopic (exact) mass is 381 g/mol. The van der Waals surface area contributed by atoms with Crippen LogP contribution in [-0.4, -0.2) is 36.3 Å². The first-order valence-corrected chi connectivity index (χ1v) is 9.98. The van der Waals surface area contributed by atoms with Crippen LogP contribution < -0.4 is 10.6 Å². The molecule has 0 aromatic heterocycles. The van der Waals surface area contributed by atoms with E-state index in [9.17, 15) is 9.59 Å². The lowest BCUT2D eigenvalue weighted by Crippen LogP contribution is -2.31. The number of rotatable bonds is 11. The second-order valence-electron chi connectivity index (χ2n) is 6.82. The first-order valence-electron chi connectivity index (χ1n) is 9.98. The second-order valence-corrected chi connectivity index (χ2v) is 6.82. The molecule has 0 heterocycles. The number of hydrogen-bond acceptors (Lipinski definition) is 3. The van der Waals surface area contributed by atoms with Gasteiger partial charge in [0.1, 0.15) is 0 Å². The summed E-state index contributed by atoms with van der Waals surface area (Å²) in [5, 5.41) is 5.73. The number of carbonyl (C=O) groups excluding carboxylic acids is 2. The predicted octanol–water partition coefficient (Wildman–Crippen LogP) is 2.89. The van der Waals surface area contributed by atoms with Gasteiger partial charge < -0.3 is 10.6 Å². The minimum absolute atomic E-state index is 0.0610. The summed E-state index contributed by atoms with van der Waals surface area (Å²) < 4.78 is 0. The van der Waals surface area contributed by atoms with Crippen molar-refractivity contribution in [2.24, 2.45) is 0 Å². The molecule has 0 aliphatic heterocycles. The maximum Gasteiger partial charge on any atom is 0.224 e. The number of hydrogen-bond donors (Lipinski definition) is 2. The van der Waals surface area contributed by atoms with Crippen LogP contribution in [0.5, 0.6) is 0 Å². The molecule has 0 spiro atoms. The molecule has 2 aromatic carbocycles. The van der Waals surface area contributed by atoms with Crippen LogP contribution in [0.3, 0.4) is 0 Å². The molecule has 0 radical (unpaired) electrons. The number of nitrogens with zero attached hydrogens (tertiary/aromatic N) is 1. The van der Waals surface area contributed by atoms with Gasteiger partial charge in [0, 0.05) is 26.1 Å². The zero-order chi connectivity index (χ0) is 20.2. The van der Waals surface area contributed by atoms with E-state index < -0.39 is 0 Å². The summed E-state index contributed by atoms with van der Waals surface area (Å²) in [5.41, 5.74) is 3.31. The van der Waals surface area contributed by atoms with Crippen molar-refractivity contribution in [2.45, 2.75) is 39.8 Å². The lowest BCUT2D eigenvalue weighted by molar-refractivity contribution is -0.122. The van der Waals surface area contributed by atoms with E-state index in [4.69, 9.17) is 0 Å². The van der Waals surface area contributed by atoms with Crippen LogP contribution >= 0.6 is 0 Å². The van der Waals surface area contributed by atoms with Crippen LogP contribution in [-0.2, 0) is 29.1 Å². The van der Waals surface area contributed by atoms with E-state index in [2.05, 4.69) is 41.5 Å². The maximum atomic E-state index is 12.0. The van der Waals surface area contributed by atoms with Gasteiger partial charge in [0.2, 0.25) is 11.8 Å². The highest BCUT2D eigenvalue weighted by atomic mass is 16.2. The standard InChI is InChI=1S/C23H31N3O2/c1-3-26(4-2)18-21-12-8-11-20(15-21)17-25-22(27)13-14-24-23(28)16-19-9-6-5-7-10-19/h5-12,15H,3-4,13-14,16-18H2,1-2H3,(H,24,28)(H,25,27). The molecule has 28 heavy (non-hydrogen) atoms. The average Bonchev–Trinajstić information content (AvgIpc) is 2.71. The Morgan fingerprint density at radius 1 is 0.821 bits per heavy atom. The van der Waals surface area contributed by atoms with Crippen molar-refractivity contribution in [1.29, 1.82) is 0 Å². The molecule has 2 amide bonds. The SMILES string of the molecule is CCN(CC)Cc1cccc(CNC(=O)CCNC(=O)Cc2ccccc2)c1. The van der Waals surface area contributed by atoms with Gasteiger partial charge in [-0.25, -0.2) is 0 Å². The summed E-state index contributed by atoms with van der Waals surface area (Å²) in [6.07, 6.45) is 0.613. The van der Waals surface area contributed by atoms with Crippen molar-refractivity contribution in [3.63, 3.8) is 0 Å². The van der Waals surface area contributed by atoms with Gasteiger partial charge in [0.05, 0.1) is 6.42 Å². The topological polar surface area (TPSA) is 61.4 Å². The largest absolute Gasteiger partial charge is 0.355 e. The van der Waals surface area contributed by atoms with E-state index >= 15 is 0 Å². The fraction of sp³-hybridized carbons (Fsp3) is 0.391.